The maximum atomic E-state index is 6.18. The molecule has 3 heterocycles. The number of hydrogen-bond acceptors (Lipinski definition) is 5. The fourth-order valence-electron chi connectivity index (χ4n) is 2.77. The van der Waals surface area contributed by atoms with E-state index in [4.69, 9.17) is 20.9 Å². The molecule has 7 heteroatoms. The molecular weight excluding hydrogens is 316 g/mol. The molecule has 1 N–H and O–H groups in total. The van der Waals surface area contributed by atoms with Gasteiger partial charge < -0.3 is 14.2 Å². The fourth-order valence-corrected chi connectivity index (χ4v) is 3.03. The van der Waals surface area contributed by atoms with Crippen LogP contribution in [0.1, 0.15) is 28.7 Å². The zero-order valence-corrected chi connectivity index (χ0v) is 13.1. The molecule has 4 rings (SSSR count). The highest BCUT2D eigenvalue weighted by molar-refractivity contribution is 6.30. The number of aryl methyl sites for hydroxylation is 2. The van der Waals surface area contributed by atoms with Gasteiger partial charge in [0.2, 0.25) is 5.89 Å². The molecule has 0 aliphatic carbocycles. The van der Waals surface area contributed by atoms with Crippen molar-refractivity contribution in [3.05, 3.63) is 58.2 Å². The quantitative estimate of drug-likeness (QED) is 0.778. The number of rotatable bonds is 5. The van der Waals surface area contributed by atoms with Crippen molar-refractivity contribution in [2.75, 3.05) is 6.61 Å². The molecule has 0 unspecified atom stereocenters. The molecule has 0 bridgehead atoms. The van der Waals surface area contributed by atoms with Crippen molar-refractivity contribution < 1.29 is 9.26 Å². The van der Waals surface area contributed by atoms with Crippen molar-refractivity contribution >= 4 is 11.6 Å². The van der Waals surface area contributed by atoms with E-state index >= 15 is 0 Å². The lowest BCUT2D eigenvalue weighted by molar-refractivity contribution is 0.353. The highest BCUT2D eigenvalue weighted by Gasteiger charge is 2.19. The van der Waals surface area contributed by atoms with Gasteiger partial charge in [-0.1, -0.05) is 16.8 Å². The summed E-state index contributed by atoms with van der Waals surface area (Å²) in [6.45, 7) is 0.698. The summed E-state index contributed by atoms with van der Waals surface area (Å²) < 4.78 is 11.0. The van der Waals surface area contributed by atoms with Gasteiger partial charge in [-0.2, -0.15) is 4.98 Å². The summed E-state index contributed by atoms with van der Waals surface area (Å²) in [4.78, 5) is 11.7. The second-order valence-electron chi connectivity index (χ2n) is 5.47. The van der Waals surface area contributed by atoms with Gasteiger partial charge in [-0.25, -0.2) is 4.98 Å². The Labute approximate surface area is 137 Å². The van der Waals surface area contributed by atoms with Crippen molar-refractivity contribution in [1.29, 1.82) is 0 Å². The van der Waals surface area contributed by atoms with Gasteiger partial charge in [-0.15, -0.1) is 0 Å². The van der Waals surface area contributed by atoms with Gasteiger partial charge in [-0.3, -0.25) is 0 Å². The molecule has 3 aromatic rings. The SMILES string of the molecule is Clc1cc2c(c(Cc3noc(CCc4ncc[nH]4)n3)c1)OCC2. The first-order valence-corrected chi connectivity index (χ1v) is 7.89. The predicted octanol–water partition coefficient (Wildman–Crippen LogP) is 2.76. The summed E-state index contributed by atoms with van der Waals surface area (Å²) in [6.07, 6.45) is 6.37. The number of fused-ring (bicyclic) bond motifs is 1. The van der Waals surface area contributed by atoms with Crippen molar-refractivity contribution in [1.82, 2.24) is 20.1 Å². The Balaban J connectivity index is 1.48. The number of H-pyrrole nitrogens is 1. The Morgan fingerprint density at radius 3 is 3.09 bits per heavy atom. The minimum absolute atomic E-state index is 0.549. The fraction of sp³-hybridized carbons (Fsp3) is 0.312. The molecule has 0 saturated heterocycles. The first-order chi connectivity index (χ1) is 11.3. The van der Waals surface area contributed by atoms with E-state index < -0.39 is 0 Å². The molecule has 0 saturated carbocycles. The summed E-state index contributed by atoms with van der Waals surface area (Å²) in [5.74, 6) is 3.07. The maximum absolute atomic E-state index is 6.18. The number of hydrogen-bond donors (Lipinski definition) is 1. The van der Waals surface area contributed by atoms with E-state index in [9.17, 15) is 0 Å². The molecule has 0 fully saturated rings. The van der Waals surface area contributed by atoms with Crippen LogP contribution >= 0.6 is 11.6 Å². The van der Waals surface area contributed by atoms with Crippen LogP contribution in [0.5, 0.6) is 5.75 Å². The standard InChI is InChI=1S/C16H15ClN4O2/c17-12-7-10-3-6-22-16(10)11(8-12)9-14-20-15(23-21-14)2-1-13-18-4-5-19-13/h4-5,7-8H,1-3,6,9H2,(H,18,19). The van der Waals surface area contributed by atoms with E-state index in [2.05, 4.69) is 20.1 Å². The highest BCUT2D eigenvalue weighted by Crippen LogP contribution is 2.33. The molecule has 1 aliphatic rings. The third kappa shape index (κ3) is 3.07. The molecule has 0 spiro atoms. The largest absolute Gasteiger partial charge is 0.493 e. The predicted molar refractivity (Wildman–Crippen MR) is 83.8 cm³/mol. The van der Waals surface area contributed by atoms with Crippen LogP contribution in [-0.2, 0) is 25.7 Å². The third-order valence-corrected chi connectivity index (χ3v) is 4.03. The molecule has 1 aromatic carbocycles. The normalized spacial score (nSPS) is 13.1. The number of benzene rings is 1. The van der Waals surface area contributed by atoms with E-state index in [-0.39, 0.29) is 0 Å². The van der Waals surface area contributed by atoms with Crippen LogP contribution in [0.25, 0.3) is 0 Å². The van der Waals surface area contributed by atoms with Crippen LogP contribution in [-0.4, -0.2) is 26.7 Å². The van der Waals surface area contributed by atoms with Gasteiger partial charge in [0.15, 0.2) is 5.82 Å². The first kappa shape index (κ1) is 14.3. The Kier molecular flexibility index (Phi) is 3.75. The van der Waals surface area contributed by atoms with Gasteiger partial charge in [-0.05, 0) is 17.7 Å². The molecule has 0 radical (unpaired) electrons. The van der Waals surface area contributed by atoms with E-state index in [1.54, 1.807) is 12.4 Å². The number of aromatic amines is 1. The molecular formula is C16H15ClN4O2. The molecule has 0 atom stereocenters. The lowest BCUT2D eigenvalue weighted by atomic mass is 10.1. The summed E-state index contributed by atoms with van der Waals surface area (Å²) in [5, 5.41) is 4.76. The van der Waals surface area contributed by atoms with Crippen LogP contribution < -0.4 is 4.74 Å². The minimum atomic E-state index is 0.549. The number of nitrogens with zero attached hydrogens (tertiary/aromatic N) is 3. The first-order valence-electron chi connectivity index (χ1n) is 7.52. The molecule has 2 aromatic heterocycles. The second-order valence-corrected chi connectivity index (χ2v) is 5.91. The molecule has 0 amide bonds. The van der Waals surface area contributed by atoms with Crippen LogP contribution in [0.4, 0.5) is 0 Å². The smallest absolute Gasteiger partial charge is 0.227 e. The molecule has 6 nitrogen and oxygen atoms in total. The number of aromatic nitrogens is 4. The van der Waals surface area contributed by atoms with Gasteiger partial charge >= 0.3 is 0 Å². The van der Waals surface area contributed by atoms with Gasteiger partial charge in [0.25, 0.3) is 0 Å². The third-order valence-electron chi connectivity index (χ3n) is 3.81. The molecule has 1 aliphatic heterocycles. The van der Waals surface area contributed by atoms with E-state index in [1.807, 2.05) is 12.1 Å². The number of ether oxygens (including phenoxy) is 1. The monoisotopic (exact) mass is 330 g/mol. The van der Waals surface area contributed by atoms with Crippen molar-refractivity contribution in [2.24, 2.45) is 0 Å². The average molecular weight is 331 g/mol. The van der Waals surface area contributed by atoms with E-state index in [0.29, 0.717) is 36.2 Å². The zero-order valence-electron chi connectivity index (χ0n) is 12.4. The van der Waals surface area contributed by atoms with Crippen molar-refractivity contribution in [2.45, 2.75) is 25.7 Å². The van der Waals surface area contributed by atoms with Crippen molar-refractivity contribution in [3.8, 4) is 5.75 Å². The maximum Gasteiger partial charge on any atom is 0.227 e. The van der Waals surface area contributed by atoms with Crippen LogP contribution in [0, 0.1) is 0 Å². The van der Waals surface area contributed by atoms with Gasteiger partial charge in [0.05, 0.1) is 6.61 Å². The summed E-state index contributed by atoms with van der Waals surface area (Å²) in [7, 11) is 0. The number of halogens is 1. The highest BCUT2D eigenvalue weighted by atomic mass is 35.5. The average Bonchev–Trinajstić information content (AvgIpc) is 3.26. The Bertz CT molecular complexity index is 814. The molecule has 118 valence electrons. The van der Waals surface area contributed by atoms with E-state index in [1.165, 1.54) is 0 Å². The lowest BCUT2D eigenvalue weighted by Gasteiger charge is -2.06. The van der Waals surface area contributed by atoms with Crippen LogP contribution in [0.2, 0.25) is 5.02 Å². The Morgan fingerprint density at radius 2 is 2.22 bits per heavy atom. The lowest BCUT2D eigenvalue weighted by Crippen LogP contribution is -1.97. The topological polar surface area (TPSA) is 76.8 Å². The second kappa shape index (κ2) is 6.04. The number of imidazole rings is 1. The van der Waals surface area contributed by atoms with Gasteiger partial charge in [0, 0.05) is 48.7 Å². The Morgan fingerprint density at radius 1 is 1.26 bits per heavy atom. The van der Waals surface area contributed by atoms with Crippen LogP contribution in [0.15, 0.2) is 29.0 Å². The summed E-state index contributed by atoms with van der Waals surface area (Å²) in [5.41, 5.74) is 2.15. The molecule has 23 heavy (non-hydrogen) atoms. The summed E-state index contributed by atoms with van der Waals surface area (Å²) in [6, 6.07) is 3.86. The summed E-state index contributed by atoms with van der Waals surface area (Å²) >= 11 is 6.18. The zero-order chi connectivity index (χ0) is 15.6. The number of nitrogens with one attached hydrogen (secondary N) is 1. The van der Waals surface area contributed by atoms with Gasteiger partial charge in [0.1, 0.15) is 11.6 Å². The Hall–Kier alpha value is -2.34. The van der Waals surface area contributed by atoms with Crippen LogP contribution in [0.3, 0.4) is 0 Å². The van der Waals surface area contributed by atoms with E-state index in [0.717, 1.165) is 35.5 Å². The minimum Gasteiger partial charge on any atom is -0.493 e. The van der Waals surface area contributed by atoms with Crippen molar-refractivity contribution in [3.63, 3.8) is 0 Å².